The van der Waals surface area contributed by atoms with Crippen LogP contribution in [0.15, 0.2) is 118 Å². The Bertz CT molecular complexity index is 1020. The maximum atomic E-state index is 12.5. The van der Waals surface area contributed by atoms with Gasteiger partial charge >= 0.3 is 0 Å². The highest BCUT2D eigenvalue weighted by atomic mass is 79.9. The van der Waals surface area contributed by atoms with E-state index in [-0.39, 0.29) is 0 Å². The van der Waals surface area contributed by atoms with Crippen LogP contribution in [-0.2, 0) is 11.2 Å². The minimum atomic E-state index is -1.75. The zero-order valence-corrected chi connectivity index (χ0v) is 19.2. The van der Waals surface area contributed by atoms with E-state index in [0.717, 1.165) is 8.95 Å². The van der Waals surface area contributed by atoms with Crippen LogP contribution in [0.5, 0.6) is 0 Å². The van der Waals surface area contributed by atoms with Crippen molar-refractivity contribution in [3.8, 4) is 0 Å². The van der Waals surface area contributed by atoms with Crippen LogP contribution in [0, 0.1) is 0 Å². The molecule has 4 aromatic carbocycles. The second-order valence-electron chi connectivity index (χ2n) is 7.17. The zero-order chi connectivity index (χ0) is 21.2. The quantitative estimate of drug-likeness (QED) is 0.318. The van der Waals surface area contributed by atoms with Crippen molar-refractivity contribution in [3.05, 3.63) is 140 Å². The van der Waals surface area contributed by atoms with E-state index in [9.17, 15) is 10.2 Å². The summed E-state index contributed by atoms with van der Waals surface area (Å²) in [5, 5.41) is 24.9. The SMILES string of the molecule is OC(c1ccccc1)(c1ccccc1)C(O)(c1ccc(Br)cc1)c1ccc(Br)cc1. The number of hydrogen-bond acceptors (Lipinski definition) is 2. The first-order valence-corrected chi connectivity index (χ1v) is 11.1. The van der Waals surface area contributed by atoms with Crippen LogP contribution in [0.4, 0.5) is 0 Å². The van der Waals surface area contributed by atoms with Crippen LogP contribution in [0.1, 0.15) is 22.3 Å². The Kier molecular flexibility index (Phi) is 5.94. The van der Waals surface area contributed by atoms with Crippen molar-refractivity contribution < 1.29 is 10.2 Å². The molecule has 0 heterocycles. The van der Waals surface area contributed by atoms with E-state index in [0.29, 0.717) is 22.3 Å². The third-order valence-corrected chi connectivity index (χ3v) is 6.49. The van der Waals surface area contributed by atoms with Crippen molar-refractivity contribution in [1.29, 1.82) is 0 Å². The first-order chi connectivity index (χ1) is 14.5. The lowest BCUT2D eigenvalue weighted by Crippen LogP contribution is -2.51. The molecular weight excluding hydrogens is 504 g/mol. The minimum Gasteiger partial charge on any atom is -0.377 e. The lowest BCUT2D eigenvalue weighted by atomic mass is 9.66. The van der Waals surface area contributed by atoms with Gasteiger partial charge in [0.25, 0.3) is 0 Å². The predicted octanol–water partition coefficient (Wildman–Crippen LogP) is 6.38. The fourth-order valence-corrected chi connectivity index (χ4v) is 4.44. The lowest BCUT2D eigenvalue weighted by Gasteiger charge is -2.45. The molecule has 2 N–H and O–H groups in total. The van der Waals surface area contributed by atoms with Crippen LogP contribution in [0.3, 0.4) is 0 Å². The maximum absolute atomic E-state index is 12.5. The van der Waals surface area contributed by atoms with Gasteiger partial charge in [0, 0.05) is 8.95 Å². The van der Waals surface area contributed by atoms with Crippen LogP contribution in [0.2, 0.25) is 0 Å². The summed E-state index contributed by atoms with van der Waals surface area (Å²) in [5.41, 5.74) is -1.12. The van der Waals surface area contributed by atoms with Crippen molar-refractivity contribution in [2.75, 3.05) is 0 Å². The standard InChI is InChI=1S/C26H20Br2O2/c27-23-15-11-21(12-16-23)26(30,22-13-17-24(28)18-14-22)25(29,19-7-3-1-4-8-19)20-9-5-2-6-10-20/h1-18,29-30H. The molecule has 4 heteroatoms. The summed E-state index contributed by atoms with van der Waals surface area (Å²) in [6, 6.07) is 33.5. The molecule has 0 unspecified atom stereocenters. The van der Waals surface area contributed by atoms with Crippen molar-refractivity contribution in [3.63, 3.8) is 0 Å². The van der Waals surface area contributed by atoms with E-state index in [1.165, 1.54) is 0 Å². The van der Waals surface area contributed by atoms with Gasteiger partial charge in [-0.2, -0.15) is 0 Å². The van der Waals surface area contributed by atoms with Gasteiger partial charge in [-0.05, 0) is 46.5 Å². The van der Waals surface area contributed by atoms with Gasteiger partial charge in [-0.3, -0.25) is 0 Å². The number of halogens is 2. The van der Waals surface area contributed by atoms with Crippen LogP contribution >= 0.6 is 31.9 Å². The molecule has 4 aromatic rings. The van der Waals surface area contributed by atoms with Crippen LogP contribution in [-0.4, -0.2) is 10.2 Å². The Morgan fingerprint density at radius 1 is 0.400 bits per heavy atom. The van der Waals surface area contributed by atoms with E-state index in [4.69, 9.17) is 0 Å². The monoisotopic (exact) mass is 522 g/mol. The molecule has 0 aromatic heterocycles. The smallest absolute Gasteiger partial charge is 0.152 e. The Morgan fingerprint density at radius 2 is 0.667 bits per heavy atom. The van der Waals surface area contributed by atoms with E-state index in [1.54, 1.807) is 0 Å². The van der Waals surface area contributed by atoms with Gasteiger partial charge in [-0.15, -0.1) is 0 Å². The zero-order valence-electron chi connectivity index (χ0n) is 16.0. The highest BCUT2D eigenvalue weighted by Crippen LogP contribution is 2.49. The van der Waals surface area contributed by atoms with Gasteiger partial charge in [0.1, 0.15) is 0 Å². The molecule has 30 heavy (non-hydrogen) atoms. The first kappa shape index (κ1) is 21.0. The number of hydrogen-bond donors (Lipinski definition) is 2. The fraction of sp³-hybridized carbons (Fsp3) is 0.0769. The number of rotatable bonds is 5. The third kappa shape index (κ3) is 3.54. The van der Waals surface area contributed by atoms with E-state index in [1.807, 2.05) is 109 Å². The molecule has 0 atom stereocenters. The maximum Gasteiger partial charge on any atom is 0.152 e. The van der Waals surface area contributed by atoms with E-state index in [2.05, 4.69) is 31.9 Å². The van der Waals surface area contributed by atoms with Crippen molar-refractivity contribution >= 4 is 31.9 Å². The largest absolute Gasteiger partial charge is 0.377 e. The normalized spacial score (nSPS) is 12.0. The summed E-state index contributed by atoms with van der Waals surface area (Å²) in [6.45, 7) is 0. The number of benzene rings is 4. The van der Waals surface area contributed by atoms with Gasteiger partial charge in [0.15, 0.2) is 11.2 Å². The molecule has 2 nitrogen and oxygen atoms in total. The van der Waals surface area contributed by atoms with Gasteiger partial charge in [0.2, 0.25) is 0 Å². The predicted molar refractivity (Wildman–Crippen MR) is 127 cm³/mol. The second-order valence-corrected chi connectivity index (χ2v) is 9.00. The van der Waals surface area contributed by atoms with Crippen molar-refractivity contribution in [1.82, 2.24) is 0 Å². The molecule has 0 saturated heterocycles. The van der Waals surface area contributed by atoms with Gasteiger partial charge in [-0.25, -0.2) is 0 Å². The Morgan fingerprint density at radius 3 is 0.967 bits per heavy atom. The number of aliphatic hydroxyl groups is 2. The highest BCUT2D eigenvalue weighted by Gasteiger charge is 2.54. The summed E-state index contributed by atoms with van der Waals surface area (Å²) < 4.78 is 1.79. The summed E-state index contributed by atoms with van der Waals surface area (Å²) in [7, 11) is 0. The molecule has 0 aliphatic rings. The average Bonchev–Trinajstić information content (AvgIpc) is 2.80. The molecule has 4 rings (SSSR count). The molecule has 0 radical (unpaired) electrons. The van der Waals surface area contributed by atoms with Crippen molar-refractivity contribution in [2.24, 2.45) is 0 Å². The lowest BCUT2D eigenvalue weighted by molar-refractivity contribution is -0.113. The molecular formula is C26H20Br2O2. The van der Waals surface area contributed by atoms with E-state index >= 15 is 0 Å². The molecule has 0 amide bonds. The molecule has 0 spiro atoms. The summed E-state index contributed by atoms with van der Waals surface area (Å²) in [6.07, 6.45) is 0. The fourth-order valence-electron chi connectivity index (χ4n) is 3.91. The van der Waals surface area contributed by atoms with Gasteiger partial charge in [0.05, 0.1) is 0 Å². The molecule has 150 valence electrons. The third-order valence-electron chi connectivity index (χ3n) is 5.43. The Hall–Kier alpha value is -2.24. The molecule has 0 aliphatic heterocycles. The second kappa shape index (κ2) is 8.48. The summed E-state index contributed by atoms with van der Waals surface area (Å²) >= 11 is 6.94. The molecule has 0 aliphatic carbocycles. The molecule has 0 bridgehead atoms. The minimum absolute atomic E-state index is 0.586. The summed E-state index contributed by atoms with van der Waals surface area (Å²) in [4.78, 5) is 0. The van der Waals surface area contributed by atoms with Crippen molar-refractivity contribution in [2.45, 2.75) is 11.2 Å². The molecule has 0 fully saturated rings. The first-order valence-electron chi connectivity index (χ1n) is 9.54. The summed E-state index contributed by atoms with van der Waals surface area (Å²) in [5.74, 6) is 0. The van der Waals surface area contributed by atoms with E-state index < -0.39 is 11.2 Å². The van der Waals surface area contributed by atoms with Gasteiger partial charge < -0.3 is 10.2 Å². The average molecular weight is 524 g/mol. The Labute approximate surface area is 193 Å². The topological polar surface area (TPSA) is 40.5 Å². The Balaban J connectivity index is 2.08. The van der Waals surface area contributed by atoms with Crippen LogP contribution in [0.25, 0.3) is 0 Å². The highest BCUT2D eigenvalue weighted by molar-refractivity contribution is 9.10. The van der Waals surface area contributed by atoms with Crippen LogP contribution < -0.4 is 0 Å². The van der Waals surface area contributed by atoms with Gasteiger partial charge in [-0.1, -0.05) is 117 Å². The molecule has 0 saturated carbocycles.